The summed E-state index contributed by atoms with van der Waals surface area (Å²) < 4.78 is 0. The van der Waals surface area contributed by atoms with E-state index in [0.717, 1.165) is 16.3 Å². The molecule has 2 aromatic rings. The van der Waals surface area contributed by atoms with Crippen molar-refractivity contribution in [3.8, 4) is 0 Å². The van der Waals surface area contributed by atoms with Gasteiger partial charge < -0.3 is 10.0 Å². The van der Waals surface area contributed by atoms with Crippen LogP contribution in [0.3, 0.4) is 0 Å². The highest BCUT2D eigenvalue weighted by atomic mass is 35.5. The minimum atomic E-state index is -0.984. The summed E-state index contributed by atoms with van der Waals surface area (Å²) in [6, 6.07) is 20.4. The van der Waals surface area contributed by atoms with Gasteiger partial charge in [-0.1, -0.05) is 72.4 Å². The summed E-state index contributed by atoms with van der Waals surface area (Å²) in [6.45, 7) is 0. The van der Waals surface area contributed by atoms with Gasteiger partial charge in [0.1, 0.15) is 0 Å². The highest BCUT2D eigenvalue weighted by molar-refractivity contribution is 8.14. The molecule has 5 heteroatoms. The maximum Gasteiger partial charge on any atom is 0.161 e. The molecule has 2 aromatic carbocycles. The summed E-state index contributed by atoms with van der Waals surface area (Å²) in [5.41, 5.74) is 1.24. The van der Waals surface area contributed by atoms with Crippen LogP contribution in [0.4, 0.5) is 0 Å². The number of aliphatic hydroxyl groups is 1. The smallest absolute Gasteiger partial charge is 0.161 e. The van der Waals surface area contributed by atoms with Crippen LogP contribution in [0.1, 0.15) is 17.0 Å². The van der Waals surface area contributed by atoms with E-state index in [-0.39, 0.29) is 18.3 Å². The second-order valence-corrected chi connectivity index (χ2v) is 6.43. The largest absolute Gasteiger partial charge is 0.369 e. The fourth-order valence-electron chi connectivity index (χ4n) is 3.04. The fourth-order valence-corrected chi connectivity index (χ4v) is 4.22. The van der Waals surface area contributed by atoms with Crippen molar-refractivity contribution in [2.75, 3.05) is 19.8 Å². The molecule has 1 aliphatic rings. The van der Waals surface area contributed by atoms with Crippen molar-refractivity contribution in [1.82, 2.24) is 4.90 Å². The van der Waals surface area contributed by atoms with Crippen LogP contribution in [-0.2, 0) is 0 Å². The second kappa shape index (κ2) is 7.39. The first-order chi connectivity index (χ1) is 10.7. The van der Waals surface area contributed by atoms with Gasteiger partial charge in [0, 0.05) is 19.8 Å². The van der Waals surface area contributed by atoms with E-state index in [4.69, 9.17) is 0 Å². The Bertz CT molecular complexity index is 626. The fraction of sp³-hybridized carbons (Fsp3) is 0.278. The van der Waals surface area contributed by atoms with Gasteiger partial charge in [-0.05, 0) is 11.1 Å². The summed E-state index contributed by atoms with van der Waals surface area (Å²) in [6.07, 6.45) is 0. The topological polar surface area (TPSA) is 35.8 Å². The Hall–Kier alpha value is -1.49. The van der Waals surface area contributed by atoms with Crippen LogP contribution in [0.15, 0.2) is 65.7 Å². The first-order valence-corrected chi connectivity index (χ1v) is 8.31. The van der Waals surface area contributed by atoms with Crippen molar-refractivity contribution in [3.05, 3.63) is 71.8 Å². The third kappa shape index (κ3) is 3.25. The molecular formula is C18H21ClN2OS. The number of rotatable bonds is 3. The van der Waals surface area contributed by atoms with E-state index in [2.05, 4.69) is 29.3 Å². The molecule has 1 aliphatic heterocycles. The highest BCUT2D eigenvalue weighted by Gasteiger charge is 2.48. The van der Waals surface area contributed by atoms with E-state index < -0.39 is 5.72 Å². The lowest BCUT2D eigenvalue weighted by Crippen LogP contribution is -2.50. The maximum absolute atomic E-state index is 11.5. The molecule has 1 fully saturated rings. The Kier molecular flexibility index (Phi) is 5.74. The quantitative estimate of drug-likeness (QED) is 0.920. The molecule has 0 bridgehead atoms. The number of aliphatic imine (C=N–C) groups is 1. The predicted molar refractivity (Wildman–Crippen MR) is 101 cm³/mol. The lowest BCUT2D eigenvalue weighted by Gasteiger charge is -2.38. The van der Waals surface area contributed by atoms with E-state index in [1.54, 1.807) is 18.8 Å². The Morgan fingerprint density at radius 3 is 1.91 bits per heavy atom. The van der Waals surface area contributed by atoms with Crippen molar-refractivity contribution in [2.45, 2.75) is 11.6 Å². The molecule has 1 saturated heterocycles. The third-order valence-electron chi connectivity index (χ3n) is 4.20. The Balaban J connectivity index is 0.00000192. The van der Waals surface area contributed by atoms with Crippen LogP contribution in [0, 0.1) is 0 Å². The van der Waals surface area contributed by atoms with Crippen molar-refractivity contribution in [1.29, 1.82) is 0 Å². The molecule has 0 spiro atoms. The van der Waals surface area contributed by atoms with Crippen LogP contribution < -0.4 is 0 Å². The summed E-state index contributed by atoms with van der Waals surface area (Å²) in [4.78, 5) is 6.18. The summed E-state index contributed by atoms with van der Waals surface area (Å²) in [5.74, 6) is 0.483. The Morgan fingerprint density at radius 2 is 1.52 bits per heavy atom. The lowest BCUT2D eigenvalue weighted by molar-refractivity contribution is -0.0434. The lowest BCUT2D eigenvalue weighted by atomic mass is 9.82. The number of likely N-dealkylation sites (N-methyl/N-ethyl adjacent to an activating group) is 1. The second-order valence-electron chi connectivity index (χ2n) is 5.49. The molecule has 0 saturated carbocycles. The van der Waals surface area contributed by atoms with Gasteiger partial charge in [0.2, 0.25) is 0 Å². The Morgan fingerprint density at radius 1 is 1.04 bits per heavy atom. The molecule has 1 N–H and O–H groups in total. The van der Waals surface area contributed by atoms with Gasteiger partial charge in [0.25, 0.3) is 0 Å². The van der Waals surface area contributed by atoms with E-state index >= 15 is 0 Å². The molecule has 122 valence electrons. The molecule has 0 amide bonds. The number of hydrogen-bond acceptors (Lipinski definition) is 3. The minimum absolute atomic E-state index is 0. The molecule has 0 aliphatic carbocycles. The van der Waals surface area contributed by atoms with Crippen LogP contribution in [0.5, 0.6) is 0 Å². The monoisotopic (exact) mass is 348 g/mol. The standard InChI is InChI=1S/C18H20N2OS.ClH/c1-19-17-20(2)18(21,13-22-17)16(14-9-5-3-6-10-14)15-11-7-4-8-12-15;/h3-12,16,21H,13H2,1-2H3;1H. The van der Waals surface area contributed by atoms with Gasteiger partial charge in [-0.15, -0.1) is 12.4 Å². The first-order valence-electron chi connectivity index (χ1n) is 7.32. The highest BCUT2D eigenvalue weighted by Crippen LogP contribution is 2.43. The zero-order chi connectivity index (χ0) is 15.6. The summed E-state index contributed by atoms with van der Waals surface area (Å²) in [7, 11) is 3.69. The summed E-state index contributed by atoms with van der Waals surface area (Å²) in [5, 5.41) is 12.3. The van der Waals surface area contributed by atoms with Gasteiger partial charge in [0.05, 0.1) is 5.92 Å². The molecule has 1 unspecified atom stereocenters. The SMILES string of the molecule is CN=C1SCC(O)(C(c2ccccc2)c2ccccc2)N1C.Cl. The normalized spacial score (nSPS) is 22.4. The number of thioether (sulfide) groups is 1. The van der Waals surface area contributed by atoms with Crippen molar-refractivity contribution < 1.29 is 5.11 Å². The first kappa shape index (κ1) is 17.9. The zero-order valence-electron chi connectivity index (χ0n) is 13.2. The van der Waals surface area contributed by atoms with E-state index in [0.29, 0.717) is 5.75 Å². The van der Waals surface area contributed by atoms with Gasteiger partial charge >= 0.3 is 0 Å². The molecule has 23 heavy (non-hydrogen) atoms. The van der Waals surface area contributed by atoms with E-state index in [1.807, 2.05) is 48.3 Å². The molecule has 1 heterocycles. The number of halogens is 1. The molecule has 1 atom stereocenters. The van der Waals surface area contributed by atoms with Crippen molar-refractivity contribution in [2.24, 2.45) is 4.99 Å². The van der Waals surface area contributed by atoms with Gasteiger partial charge in [-0.25, -0.2) is 0 Å². The average Bonchev–Trinajstić information content (AvgIpc) is 2.85. The van der Waals surface area contributed by atoms with Crippen LogP contribution in [0.25, 0.3) is 0 Å². The average molecular weight is 349 g/mol. The maximum atomic E-state index is 11.5. The predicted octanol–water partition coefficient (Wildman–Crippen LogP) is 3.59. The van der Waals surface area contributed by atoms with Crippen LogP contribution >= 0.6 is 24.2 Å². The Labute approximate surface area is 147 Å². The van der Waals surface area contributed by atoms with Crippen LogP contribution in [-0.4, -0.2) is 40.7 Å². The molecular weight excluding hydrogens is 328 g/mol. The van der Waals surface area contributed by atoms with Gasteiger partial charge in [0.15, 0.2) is 10.9 Å². The molecule has 0 aromatic heterocycles. The summed E-state index contributed by atoms with van der Waals surface area (Å²) >= 11 is 1.60. The molecule has 0 radical (unpaired) electrons. The zero-order valence-corrected chi connectivity index (χ0v) is 14.8. The van der Waals surface area contributed by atoms with Crippen LogP contribution in [0.2, 0.25) is 0 Å². The van der Waals surface area contributed by atoms with E-state index in [9.17, 15) is 5.11 Å². The van der Waals surface area contributed by atoms with E-state index in [1.165, 1.54) is 0 Å². The minimum Gasteiger partial charge on any atom is -0.369 e. The van der Waals surface area contributed by atoms with Gasteiger partial charge in [-0.3, -0.25) is 4.99 Å². The number of hydrogen-bond donors (Lipinski definition) is 1. The number of amidine groups is 1. The third-order valence-corrected chi connectivity index (χ3v) is 5.48. The molecule has 3 nitrogen and oxygen atoms in total. The van der Waals surface area contributed by atoms with Crippen molar-refractivity contribution in [3.63, 3.8) is 0 Å². The number of nitrogens with zero attached hydrogens (tertiary/aromatic N) is 2. The van der Waals surface area contributed by atoms with Crippen molar-refractivity contribution >= 4 is 29.3 Å². The van der Waals surface area contributed by atoms with Gasteiger partial charge in [-0.2, -0.15) is 0 Å². The number of benzene rings is 2. The molecule has 3 rings (SSSR count).